The molecule has 9 heteroatoms. The molecule has 0 aliphatic heterocycles. The van der Waals surface area contributed by atoms with Gasteiger partial charge in [0.15, 0.2) is 11.5 Å². The number of carbonyl (C=O) groups excluding carboxylic acids is 2. The van der Waals surface area contributed by atoms with E-state index in [1.165, 1.54) is 18.4 Å². The topological polar surface area (TPSA) is 110 Å². The Morgan fingerprint density at radius 1 is 0.972 bits per heavy atom. The van der Waals surface area contributed by atoms with Crippen LogP contribution >= 0.6 is 11.3 Å². The van der Waals surface area contributed by atoms with Gasteiger partial charge in [-0.25, -0.2) is 9.78 Å². The van der Waals surface area contributed by atoms with Gasteiger partial charge in [-0.15, -0.1) is 11.3 Å². The van der Waals surface area contributed by atoms with Gasteiger partial charge in [0.2, 0.25) is 5.78 Å². The Morgan fingerprint density at radius 2 is 1.67 bits per heavy atom. The number of thiophene rings is 1. The Bertz CT molecular complexity index is 1460. The van der Waals surface area contributed by atoms with E-state index in [0.717, 1.165) is 0 Å². The Morgan fingerprint density at radius 3 is 2.28 bits per heavy atom. The number of hydrogen-bond acceptors (Lipinski definition) is 9. The van der Waals surface area contributed by atoms with Crippen molar-refractivity contribution in [2.75, 3.05) is 33.7 Å². The summed E-state index contributed by atoms with van der Waals surface area (Å²) in [6, 6.07) is 12.1. The van der Waals surface area contributed by atoms with Gasteiger partial charge in [-0.2, -0.15) is 0 Å². The van der Waals surface area contributed by atoms with Crippen LogP contribution < -0.4 is 19.9 Å². The van der Waals surface area contributed by atoms with Crippen LogP contribution in [0.4, 0.5) is 5.69 Å². The maximum absolute atomic E-state index is 13.4. The molecule has 36 heavy (non-hydrogen) atoms. The van der Waals surface area contributed by atoms with Crippen LogP contribution in [0.5, 0.6) is 17.2 Å². The van der Waals surface area contributed by atoms with E-state index in [-0.39, 0.29) is 23.6 Å². The van der Waals surface area contributed by atoms with Gasteiger partial charge in [-0.3, -0.25) is 4.79 Å². The quantitative estimate of drug-likeness (QED) is 0.254. The number of anilines is 1. The van der Waals surface area contributed by atoms with Crippen LogP contribution in [0.25, 0.3) is 21.3 Å². The largest absolute Gasteiger partial charge is 0.497 e. The standard InChI is InChI=1S/C27H26N2O6S/c1-6-35-27(31)20-14(2)29-26-22(21(20)16-9-12-18(33-4)19(13-16)34-5)23(28)25(36-26)24(30)15-7-10-17(32-3)11-8-15/h7-13H,6,28H2,1-5H3. The number of ketones is 1. The summed E-state index contributed by atoms with van der Waals surface area (Å²) in [6.07, 6.45) is 0. The van der Waals surface area contributed by atoms with Crippen LogP contribution in [0.2, 0.25) is 0 Å². The summed E-state index contributed by atoms with van der Waals surface area (Å²) < 4.78 is 21.4. The van der Waals surface area contributed by atoms with Gasteiger partial charge in [0.1, 0.15) is 15.5 Å². The van der Waals surface area contributed by atoms with Crippen molar-refractivity contribution < 1.29 is 28.5 Å². The third-order valence-corrected chi connectivity index (χ3v) is 6.87. The molecule has 0 fully saturated rings. The number of fused-ring (bicyclic) bond motifs is 1. The summed E-state index contributed by atoms with van der Waals surface area (Å²) in [7, 11) is 4.64. The molecule has 2 heterocycles. The minimum atomic E-state index is -0.525. The van der Waals surface area contributed by atoms with Crippen LogP contribution in [-0.4, -0.2) is 44.7 Å². The third-order valence-electron chi connectivity index (χ3n) is 5.77. The Hall–Kier alpha value is -4.11. The molecular weight excluding hydrogens is 480 g/mol. The van der Waals surface area contributed by atoms with Crippen LogP contribution in [0.15, 0.2) is 42.5 Å². The average Bonchev–Trinajstić information content (AvgIpc) is 3.22. The molecule has 4 rings (SSSR count). The molecule has 2 aromatic heterocycles. The number of hydrogen-bond donors (Lipinski definition) is 1. The summed E-state index contributed by atoms with van der Waals surface area (Å²) >= 11 is 1.19. The smallest absolute Gasteiger partial charge is 0.340 e. The molecule has 0 bridgehead atoms. The number of aromatic nitrogens is 1. The summed E-state index contributed by atoms with van der Waals surface area (Å²) in [5, 5.41) is 0.512. The normalized spacial score (nSPS) is 10.8. The Balaban J connectivity index is 2.00. The molecule has 0 spiro atoms. The van der Waals surface area contributed by atoms with Crippen LogP contribution in [0, 0.1) is 6.92 Å². The highest BCUT2D eigenvalue weighted by atomic mass is 32.1. The zero-order valence-electron chi connectivity index (χ0n) is 20.6. The monoisotopic (exact) mass is 506 g/mol. The molecule has 0 saturated heterocycles. The highest BCUT2D eigenvalue weighted by molar-refractivity contribution is 7.21. The van der Waals surface area contributed by atoms with Gasteiger partial charge in [0, 0.05) is 16.5 Å². The number of methoxy groups -OCH3 is 3. The van der Waals surface area contributed by atoms with Gasteiger partial charge in [0.05, 0.1) is 44.9 Å². The van der Waals surface area contributed by atoms with Gasteiger partial charge >= 0.3 is 5.97 Å². The van der Waals surface area contributed by atoms with E-state index in [4.69, 9.17) is 24.7 Å². The molecule has 0 amide bonds. The van der Waals surface area contributed by atoms with Crippen molar-refractivity contribution in [1.29, 1.82) is 0 Å². The van der Waals surface area contributed by atoms with E-state index in [9.17, 15) is 9.59 Å². The predicted octanol–water partition coefficient (Wildman–Crippen LogP) is 5.29. The number of benzene rings is 2. The lowest BCUT2D eigenvalue weighted by molar-refractivity contribution is 0.0526. The predicted molar refractivity (Wildman–Crippen MR) is 140 cm³/mol. The molecule has 0 aliphatic rings. The second-order valence-corrected chi connectivity index (χ2v) is 8.82. The molecule has 0 unspecified atom stereocenters. The fraction of sp³-hybridized carbons (Fsp3) is 0.222. The van der Waals surface area contributed by atoms with E-state index in [2.05, 4.69) is 4.98 Å². The molecule has 0 radical (unpaired) electrons. The van der Waals surface area contributed by atoms with E-state index >= 15 is 0 Å². The van der Waals surface area contributed by atoms with Gasteiger partial charge in [-0.1, -0.05) is 6.07 Å². The number of carbonyl (C=O) groups is 2. The number of esters is 1. The van der Waals surface area contributed by atoms with Crippen molar-refractivity contribution in [2.45, 2.75) is 13.8 Å². The third kappa shape index (κ3) is 4.33. The highest BCUT2D eigenvalue weighted by Gasteiger charge is 2.28. The molecule has 0 aliphatic carbocycles. The SMILES string of the molecule is CCOC(=O)c1c(C)nc2sc(C(=O)c3ccc(OC)cc3)c(N)c2c1-c1ccc(OC)c(OC)c1. The van der Waals surface area contributed by atoms with E-state index in [0.29, 0.717) is 54.7 Å². The second kappa shape index (κ2) is 10.2. The maximum Gasteiger partial charge on any atom is 0.340 e. The first-order valence-corrected chi connectivity index (χ1v) is 12.0. The van der Waals surface area contributed by atoms with Crippen molar-refractivity contribution in [3.05, 3.63) is 64.2 Å². The number of ether oxygens (including phenoxy) is 4. The molecule has 8 nitrogen and oxygen atoms in total. The fourth-order valence-electron chi connectivity index (χ4n) is 4.04. The average molecular weight is 507 g/mol. The Kier molecular flexibility index (Phi) is 7.12. The summed E-state index contributed by atoms with van der Waals surface area (Å²) in [6.45, 7) is 3.67. The van der Waals surface area contributed by atoms with E-state index in [1.54, 1.807) is 70.5 Å². The lowest BCUT2D eigenvalue weighted by Gasteiger charge is -2.15. The molecular formula is C27H26N2O6S. The lowest BCUT2D eigenvalue weighted by Crippen LogP contribution is -2.11. The van der Waals surface area contributed by atoms with Crippen LogP contribution in [-0.2, 0) is 4.74 Å². The Labute approximate surface area is 212 Å². The maximum atomic E-state index is 13.4. The van der Waals surface area contributed by atoms with Gasteiger partial charge < -0.3 is 24.7 Å². The van der Waals surface area contributed by atoms with Crippen LogP contribution in [0.1, 0.15) is 38.2 Å². The number of nitrogens with two attached hydrogens (primary N) is 1. The second-order valence-electron chi connectivity index (χ2n) is 7.82. The molecule has 0 atom stereocenters. The summed E-state index contributed by atoms with van der Waals surface area (Å²) in [5.41, 5.74) is 9.25. The number of aryl methyl sites for hydroxylation is 1. The zero-order valence-corrected chi connectivity index (χ0v) is 21.4. The number of nitrogens with zero attached hydrogens (tertiary/aromatic N) is 1. The van der Waals surface area contributed by atoms with Crippen molar-refractivity contribution in [3.63, 3.8) is 0 Å². The van der Waals surface area contributed by atoms with Gasteiger partial charge in [-0.05, 0) is 55.8 Å². The van der Waals surface area contributed by atoms with Crippen molar-refractivity contribution in [2.24, 2.45) is 0 Å². The molecule has 2 N–H and O–H groups in total. The van der Waals surface area contributed by atoms with Crippen molar-refractivity contribution in [1.82, 2.24) is 4.98 Å². The molecule has 0 saturated carbocycles. The van der Waals surface area contributed by atoms with E-state index in [1.807, 2.05) is 0 Å². The first kappa shape index (κ1) is 25.0. The minimum Gasteiger partial charge on any atom is -0.497 e. The summed E-state index contributed by atoms with van der Waals surface area (Å²) in [5.74, 6) is 0.892. The molecule has 4 aromatic rings. The summed E-state index contributed by atoms with van der Waals surface area (Å²) in [4.78, 5) is 32.0. The minimum absolute atomic E-state index is 0.196. The number of rotatable bonds is 8. The first-order valence-electron chi connectivity index (χ1n) is 11.1. The number of nitrogen functional groups attached to an aromatic ring is 1. The fourth-order valence-corrected chi connectivity index (χ4v) is 5.15. The zero-order chi connectivity index (χ0) is 26.0. The van der Waals surface area contributed by atoms with Crippen molar-refractivity contribution >= 4 is 39.0 Å². The molecule has 2 aromatic carbocycles. The van der Waals surface area contributed by atoms with Crippen LogP contribution in [0.3, 0.4) is 0 Å². The highest BCUT2D eigenvalue weighted by Crippen LogP contribution is 2.44. The van der Waals surface area contributed by atoms with E-state index < -0.39 is 5.97 Å². The number of pyridine rings is 1. The van der Waals surface area contributed by atoms with Gasteiger partial charge in [0.25, 0.3) is 0 Å². The molecule has 186 valence electrons. The first-order chi connectivity index (χ1) is 17.3. The lowest BCUT2D eigenvalue weighted by atomic mass is 9.94. The van der Waals surface area contributed by atoms with Crippen molar-refractivity contribution in [3.8, 4) is 28.4 Å².